The first-order chi connectivity index (χ1) is 12.1. The molecule has 1 fully saturated rings. The number of halogens is 1. The van der Waals surface area contributed by atoms with Gasteiger partial charge in [-0.15, -0.1) is 24.0 Å². The number of benzene rings is 1. The van der Waals surface area contributed by atoms with Crippen LogP contribution in [0.15, 0.2) is 35.3 Å². The van der Waals surface area contributed by atoms with E-state index >= 15 is 0 Å². The van der Waals surface area contributed by atoms with Crippen molar-refractivity contribution in [3.8, 4) is 0 Å². The van der Waals surface area contributed by atoms with Gasteiger partial charge in [-0.25, -0.2) is 0 Å². The highest BCUT2D eigenvalue weighted by molar-refractivity contribution is 14.0. The zero-order valence-electron chi connectivity index (χ0n) is 16.5. The molecule has 2 rings (SSSR count). The minimum absolute atomic E-state index is 0. The van der Waals surface area contributed by atoms with Gasteiger partial charge in [0.05, 0.1) is 0 Å². The second-order valence-electron chi connectivity index (χ2n) is 7.54. The summed E-state index contributed by atoms with van der Waals surface area (Å²) in [6, 6.07) is 10.8. The van der Waals surface area contributed by atoms with Crippen LogP contribution >= 0.6 is 24.0 Å². The van der Waals surface area contributed by atoms with Gasteiger partial charge in [-0.05, 0) is 43.6 Å². The highest BCUT2D eigenvalue weighted by Gasteiger charge is 2.26. The van der Waals surface area contributed by atoms with Crippen molar-refractivity contribution in [2.45, 2.75) is 46.0 Å². The zero-order valence-corrected chi connectivity index (χ0v) is 18.9. The Balaban J connectivity index is 0.00000338. The normalized spacial score (nSPS) is 18.7. The van der Waals surface area contributed by atoms with Crippen LogP contribution < -0.4 is 5.32 Å². The van der Waals surface area contributed by atoms with Crippen molar-refractivity contribution in [1.29, 1.82) is 0 Å². The fourth-order valence-corrected chi connectivity index (χ4v) is 3.72. The second kappa shape index (κ2) is 12.5. The summed E-state index contributed by atoms with van der Waals surface area (Å²) >= 11 is 0. The van der Waals surface area contributed by atoms with Gasteiger partial charge in [-0.1, -0.05) is 44.2 Å². The fraction of sp³-hybridized carbons (Fsp3) is 0.667. The monoisotopic (exact) mass is 473 g/mol. The van der Waals surface area contributed by atoms with E-state index in [9.17, 15) is 5.11 Å². The molecule has 4 nitrogen and oxygen atoms in total. The molecule has 26 heavy (non-hydrogen) atoms. The van der Waals surface area contributed by atoms with Crippen LogP contribution in [0.4, 0.5) is 0 Å². The van der Waals surface area contributed by atoms with Crippen molar-refractivity contribution in [1.82, 2.24) is 10.2 Å². The second-order valence-corrected chi connectivity index (χ2v) is 7.54. The van der Waals surface area contributed by atoms with Gasteiger partial charge in [-0.3, -0.25) is 4.99 Å². The molecule has 1 aromatic carbocycles. The first-order valence-electron chi connectivity index (χ1n) is 9.83. The quantitative estimate of drug-likeness (QED) is 0.340. The van der Waals surface area contributed by atoms with Gasteiger partial charge in [0.2, 0.25) is 0 Å². The highest BCUT2D eigenvalue weighted by Crippen LogP contribution is 2.27. The van der Waals surface area contributed by atoms with Gasteiger partial charge < -0.3 is 15.3 Å². The first kappa shape index (κ1) is 23.2. The average Bonchev–Trinajstić information content (AvgIpc) is 3.09. The zero-order chi connectivity index (χ0) is 18.1. The van der Waals surface area contributed by atoms with E-state index in [4.69, 9.17) is 4.99 Å². The lowest BCUT2D eigenvalue weighted by molar-refractivity contribution is 0.245. The van der Waals surface area contributed by atoms with Crippen LogP contribution in [0.1, 0.15) is 51.5 Å². The molecule has 1 heterocycles. The van der Waals surface area contributed by atoms with Crippen molar-refractivity contribution in [2.24, 2.45) is 16.8 Å². The molecule has 0 radical (unpaired) electrons. The van der Waals surface area contributed by atoms with E-state index in [0.717, 1.165) is 45.0 Å². The van der Waals surface area contributed by atoms with Gasteiger partial charge in [0.1, 0.15) is 0 Å². The molecule has 0 spiro atoms. The summed E-state index contributed by atoms with van der Waals surface area (Å²) in [6.45, 7) is 10.6. The SMILES string of the molecule is CCNC(=NCC(CCO)CC(C)C)N1CCC(c2ccccc2)C1.I. The molecule has 2 atom stereocenters. The molecule has 0 amide bonds. The van der Waals surface area contributed by atoms with Crippen LogP contribution in [0.3, 0.4) is 0 Å². The van der Waals surface area contributed by atoms with Crippen LogP contribution in [0.25, 0.3) is 0 Å². The molecule has 2 N–H and O–H groups in total. The van der Waals surface area contributed by atoms with Gasteiger partial charge in [-0.2, -0.15) is 0 Å². The van der Waals surface area contributed by atoms with Crippen LogP contribution in [-0.4, -0.2) is 48.8 Å². The summed E-state index contributed by atoms with van der Waals surface area (Å²) in [5.74, 6) is 2.73. The minimum Gasteiger partial charge on any atom is -0.396 e. The Hall–Kier alpha value is -0.820. The average molecular weight is 473 g/mol. The maximum atomic E-state index is 9.32. The highest BCUT2D eigenvalue weighted by atomic mass is 127. The lowest BCUT2D eigenvalue weighted by atomic mass is 9.94. The van der Waals surface area contributed by atoms with Crippen molar-refractivity contribution in [3.63, 3.8) is 0 Å². The van der Waals surface area contributed by atoms with Crippen molar-refractivity contribution < 1.29 is 5.11 Å². The fourth-order valence-electron chi connectivity index (χ4n) is 3.72. The van der Waals surface area contributed by atoms with Crippen LogP contribution in [0, 0.1) is 11.8 Å². The Labute approximate surface area is 176 Å². The van der Waals surface area contributed by atoms with Crippen molar-refractivity contribution >= 4 is 29.9 Å². The van der Waals surface area contributed by atoms with E-state index in [1.807, 2.05) is 0 Å². The third-order valence-corrected chi connectivity index (χ3v) is 4.93. The van der Waals surface area contributed by atoms with Crippen LogP contribution in [0.5, 0.6) is 0 Å². The number of aliphatic hydroxyl groups excluding tert-OH is 1. The summed E-state index contributed by atoms with van der Waals surface area (Å²) in [5.41, 5.74) is 1.43. The smallest absolute Gasteiger partial charge is 0.193 e. The lowest BCUT2D eigenvalue weighted by Gasteiger charge is -2.23. The topological polar surface area (TPSA) is 47.9 Å². The standard InChI is InChI=1S/C21H35N3O.HI/c1-4-22-21(23-15-18(11-13-25)14-17(2)3)24-12-10-20(16-24)19-8-6-5-7-9-19;/h5-9,17-18,20,25H,4,10-16H2,1-3H3,(H,22,23);1H. The van der Waals surface area contributed by atoms with Crippen LogP contribution in [0.2, 0.25) is 0 Å². The number of hydrogen-bond donors (Lipinski definition) is 2. The maximum absolute atomic E-state index is 9.32. The molecular weight excluding hydrogens is 437 g/mol. The predicted octanol–water partition coefficient (Wildman–Crippen LogP) is 4.10. The maximum Gasteiger partial charge on any atom is 0.193 e. The molecule has 1 aliphatic rings. The summed E-state index contributed by atoms with van der Waals surface area (Å²) < 4.78 is 0. The van der Waals surface area contributed by atoms with Gasteiger partial charge in [0.15, 0.2) is 5.96 Å². The molecule has 1 aromatic rings. The Bertz CT molecular complexity index is 521. The number of likely N-dealkylation sites (tertiary alicyclic amines) is 1. The van der Waals surface area contributed by atoms with E-state index in [1.54, 1.807) is 0 Å². The van der Waals surface area contributed by atoms with Crippen molar-refractivity contribution in [3.05, 3.63) is 35.9 Å². The number of nitrogens with one attached hydrogen (secondary N) is 1. The van der Waals surface area contributed by atoms with E-state index < -0.39 is 0 Å². The van der Waals surface area contributed by atoms with E-state index in [-0.39, 0.29) is 30.6 Å². The number of aliphatic hydroxyl groups is 1. The number of aliphatic imine (C=N–C) groups is 1. The molecule has 2 unspecified atom stereocenters. The minimum atomic E-state index is 0. The molecule has 0 saturated carbocycles. The summed E-state index contributed by atoms with van der Waals surface area (Å²) in [7, 11) is 0. The molecule has 1 aliphatic heterocycles. The Morgan fingerprint density at radius 2 is 2.04 bits per heavy atom. The molecule has 5 heteroatoms. The Morgan fingerprint density at radius 1 is 1.31 bits per heavy atom. The van der Waals surface area contributed by atoms with E-state index in [2.05, 4.69) is 61.3 Å². The third-order valence-electron chi connectivity index (χ3n) is 4.93. The molecule has 1 saturated heterocycles. The third kappa shape index (κ3) is 7.43. The van der Waals surface area contributed by atoms with E-state index in [0.29, 0.717) is 17.8 Å². The van der Waals surface area contributed by atoms with Gasteiger partial charge in [0.25, 0.3) is 0 Å². The van der Waals surface area contributed by atoms with Crippen molar-refractivity contribution in [2.75, 3.05) is 32.8 Å². The number of rotatable bonds is 8. The van der Waals surface area contributed by atoms with Gasteiger partial charge in [0, 0.05) is 38.7 Å². The largest absolute Gasteiger partial charge is 0.396 e. The Morgan fingerprint density at radius 3 is 2.65 bits per heavy atom. The molecule has 0 aliphatic carbocycles. The van der Waals surface area contributed by atoms with Crippen LogP contribution in [-0.2, 0) is 0 Å². The Kier molecular flexibility index (Phi) is 11.2. The molecular formula is C21H36IN3O. The number of hydrogen-bond acceptors (Lipinski definition) is 2. The summed E-state index contributed by atoms with van der Waals surface area (Å²) in [4.78, 5) is 7.31. The predicted molar refractivity (Wildman–Crippen MR) is 121 cm³/mol. The molecule has 0 aromatic heterocycles. The molecule has 0 bridgehead atoms. The lowest BCUT2D eigenvalue weighted by Crippen LogP contribution is -2.40. The number of nitrogens with zero attached hydrogens (tertiary/aromatic N) is 2. The first-order valence-corrected chi connectivity index (χ1v) is 9.83. The van der Waals surface area contributed by atoms with Gasteiger partial charge >= 0.3 is 0 Å². The van der Waals surface area contributed by atoms with E-state index in [1.165, 1.54) is 12.0 Å². The number of guanidine groups is 1. The summed E-state index contributed by atoms with van der Waals surface area (Å²) in [6.07, 6.45) is 3.14. The summed E-state index contributed by atoms with van der Waals surface area (Å²) in [5, 5.41) is 12.8. The molecule has 148 valence electrons.